The molecule has 1 unspecified atom stereocenters. The highest BCUT2D eigenvalue weighted by atomic mass is 35.5. The fourth-order valence-corrected chi connectivity index (χ4v) is 5.65. The zero-order chi connectivity index (χ0) is 22.9. The van der Waals surface area contributed by atoms with Crippen molar-refractivity contribution >= 4 is 33.3 Å². The number of carbonyl (C=O) groups is 1. The number of anilines is 1. The summed E-state index contributed by atoms with van der Waals surface area (Å²) in [4.78, 5) is 15.4. The number of aliphatic carboxylic acids is 1. The van der Waals surface area contributed by atoms with Crippen LogP contribution in [0.1, 0.15) is 24.3 Å². The largest absolute Gasteiger partial charge is 0.481 e. The maximum absolute atomic E-state index is 13.6. The molecule has 1 aromatic heterocycles. The normalized spacial score (nSPS) is 15.4. The Hall–Kier alpha value is -3.10. The molecule has 0 saturated heterocycles. The fourth-order valence-electron chi connectivity index (χ4n) is 3.88. The average Bonchev–Trinajstić information content (AvgIpc) is 3.16. The Morgan fingerprint density at radius 3 is 2.69 bits per heavy atom. The molecule has 7 nitrogen and oxygen atoms in total. The number of ether oxygens (including phenoxy) is 1. The van der Waals surface area contributed by atoms with Crippen molar-refractivity contribution in [2.24, 2.45) is 0 Å². The number of carboxylic acid groups (broad SMARTS) is 1. The predicted molar refractivity (Wildman–Crippen MR) is 122 cm³/mol. The fraction of sp³-hybridized carbons (Fsp3) is 0.217. The summed E-state index contributed by atoms with van der Waals surface area (Å²) in [6, 6.07) is 15.2. The number of aromatic nitrogens is 1. The molecule has 3 aromatic rings. The van der Waals surface area contributed by atoms with Crippen LogP contribution in [-0.4, -0.2) is 38.1 Å². The average molecular weight is 473 g/mol. The van der Waals surface area contributed by atoms with E-state index in [9.17, 15) is 13.2 Å². The molecule has 32 heavy (non-hydrogen) atoms. The standard InChI is InChI=1S/C23H21ClN2O5S/c1-31-22-9-5-16(13-25-22)15-3-2-4-19(11-15)32(29,30)26-14-17(6-10-23(27)28)20-12-18(24)7-8-21(20)26/h2-5,7-9,11-13,17H,6,10,14H2,1H3,(H,27,28). The Morgan fingerprint density at radius 1 is 1.19 bits per heavy atom. The molecular formula is C23H21ClN2O5S. The third-order valence-corrected chi connectivity index (χ3v) is 7.50. The molecule has 4 rings (SSSR count). The summed E-state index contributed by atoms with van der Waals surface area (Å²) in [6.07, 6.45) is 1.90. The van der Waals surface area contributed by atoms with Gasteiger partial charge in [-0.25, -0.2) is 13.4 Å². The van der Waals surface area contributed by atoms with E-state index in [2.05, 4.69) is 4.98 Å². The molecular weight excluding hydrogens is 452 g/mol. The third kappa shape index (κ3) is 4.28. The van der Waals surface area contributed by atoms with E-state index in [-0.39, 0.29) is 23.8 Å². The number of rotatable bonds is 7. The number of benzene rings is 2. The maximum Gasteiger partial charge on any atom is 0.303 e. The molecule has 2 aromatic carbocycles. The molecule has 1 aliphatic heterocycles. The first kappa shape index (κ1) is 22.1. The number of halogens is 1. The SMILES string of the molecule is COc1ccc(-c2cccc(S(=O)(=O)N3CC(CCC(=O)O)c4cc(Cl)ccc43)c2)cn1. The topological polar surface area (TPSA) is 96.8 Å². The Bertz CT molecular complexity index is 1260. The van der Waals surface area contributed by atoms with Crippen molar-refractivity contribution in [3.05, 3.63) is 71.4 Å². The lowest BCUT2D eigenvalue weighted by atomic mass is 9.96. The van der Waals surface area contributed by atoms with Gasteiger partial charge >= 0.3 is 5.97 Å². The van der Waals surface area contributed by atoms with Gasteiger partial charge in [-0.1, -0.05) is 23.7 Å². The molecule has 1 aliphatic rings. The number of methoxy groups -OCH3 is 1. The zero-order valence-electron chi connectivity index (χ0n) is 17.2. The van der Waals surface area contributed by atoms with E-state index in [0.717, 1.165) is 11.1 Å². The van der Waals surface area contributed by atoms with Gasteiger partial charge in [0.15, 0.2) is 0 Å². The summed E-state index contributed by atoms with van der Waals surface area (Å²) in [5, 5.41) is 9.56. The number of fused-ring (bicyclic) bond motifs is 1. The third-order valence-electron chi connectivity index (χ3n) is 5.49. The number of sulfonamides is 1. The van der Waals surface area contributed by atoms with E-state index < -0.39 is 16.0 Å². The van der Waals surface area contributed by atoms with Crippen LogP contribution in [-0.2, 0) is 14.8 Å². The smallest absolute Gasteiger partial charge is 0.303 e. The molecule has 0 fully saturated rings. The quantitative estimate of drug-likeness (QED) is 0.541. The summed E-state index contributed by atoms with van der Waals surface area (Å²) in [7, 11) is -2.35. The number of hydrogen-bond acceptors (Lipinski definition) is 5. The van der Waals surface area contributed by atoms with Gasteiger partial charge in [0.1, 0.15) is 0 Å². The number of carboxylic acids is 1. The van der Waals surface area contributed by atoms with Crippen molar-refractivity contribution < 1.29 is 23.1 Å². The first-order valence-corrected chi connectivity index (χ1v) is 11.8. The summed E-state index contributed by atoms with van der Waals surface area (Å²) in [6.45, 7) is 0.166. The summed E-state index contributed by atoms with van der Waals surface area (Å²) >= 11 is 6.14. The Morgan fingerprint density at radius 2 is 2.00 bits per heavy atom. The first-order valence-electron chi connectivity index (χ1n) is 9.94. The monoisotopic (exact) mass is 472 g/mol. The lowest BCUT2D eigenvalue weighted by molar-refractivity contribution is -0.137. The number of pyridine rings is 1. The Balaban J connectivity index is 1.70. The minimum atomic E-state index is -3.88. The summed E-state index contributed by atoms with van der Waals surface area (Å²) in [5.74, 6) is -0.698. The van der Waals surface area contributed by atoms with Crippen LogP contribution in [0.25, 0.3) is 11.1 Å². The van der Waals surface area contributed by atoms with Crippen molar-refractivity contribution in [2.75, 3.05) is 18.0 Å². The molecule has 2 heterocycles. The maximum atomic E-state index is 13.6. The minimum absolute atomic E-state index is 0.0511. The Labute approximate surface area is 191 Å². The molecule has 0 saturated carbocycles. The van der Waals surface area contributed by atoms with E-state index in [1.54, 1.807) is 48.7 Å². The predicted octanol–water partition coefficient (Wildman–Crippen LogP) is 4.57. The van der Waals surface area contributed by atoms with E-state index in [0.29, 0.717) is 28.6 Å². The second-order valence-corrected chi connectivity index (χ2v) is 9.78. The van der Waals surface area contributed by atoms with Crippen LogP contribution in [0.2, 0.25) is 5.02 Å². The van der Waals surface area contributed by atoms with Crippen LogP contribution in [0.4, 0.5) is 5.69 Å². The van der Waals surface area contributed by atoms with Gasteiger partial charge in [-0.05, 0) is 53.9 Å². The number of hydrogen-bond donors (Lipinski definition) is 1. The minimum Gasteiger partial charge on any atom is -0.481 e. The van der Waals surface area contributed by atoms with Gasteiger partial charge in [-0.2, -0.15) is 0 Å². The zero-order valence-corrected chi connectivity index (χ0v) is 18.8. The van der Waals surface area contributed by atoms with E-state index in [1.165, 1.54) is 11.4 Å². The van der Waals surface area contributed by atoms with Crippen LogP contribution in [0.3, 0.4) is 0 Å². The van der Waals surface area contributed by atoms with Gasteiger partial charge in [0.2, 0.25) is 5.88 Å². The molecule has 0 aliphatic carbocycles. The van der Waals surface area contributed by atoms with Crippen LogP contribution >= 0.6 is 11.6 Å². The van der Waals surface area contributed by atoms with E-state index in [4.69, 9.17) is 21.4 Å². The Kier molecular flexibility index (Phi) is 6.08. The summed E-state index contributed by atoms with van der Waals surface area (Å²) < 4.78 is 33.6. The second-order valence-electron chi connectivity index (χ2n) is 7.49. The van der Waals surface area contributed by atoms with Gasteiger partial charge in [-0.3, -0.25) is 9.10 Å². The second kappa shape index (κ2) is 8.80. The van der Waals surface area contributed by atoms with Crippen molar-refractivity contribution in [2.45, 2.75) is 23.7 Å². The highest BCUT2D eigenvalue weighted by Gasteiger charge is 2.36. The van der Waals surface area contributed by atoms with Gasteiger partial charge in [0, 0.05) is 41.7 Å². The van der Waals surface area contributed by atoms with Crippen molar-refractivity contribution in [1.29, 1.82) is 0 Å². The number of nitrogens with zero attached hydrogens (tertiary/aromatic N) is 2. The molecule has 0 bridgehead atoms. The molecule has 1 atom stereocenters. The molecule has 0 radical (unpaired) electrons. The van der Waals surface area contributed by atoms with E-state index >= 15 is 0 Å². The van der Waals surface area contributed by atoms with Crippen LogP contribution in [0.15, 0.2) is 65.7 Å². The van der Waals surface area contributed by atoms with Crippen LogP contribution in [0.5, 0.6) is 5.88 Å². The molecule has 0 amide bonds. The van der Waals surface area contributed by atoms with Gasteiger partial charge in [-0.15, -0.1) is 0 Å². The molecule has 1 N–H and O–H groups in total. The molecule has 0 spiro atoms. The lowest BCUT2D eigenvalue weighted by Crippen LogP contribution is -2.30. The van der Waals surface area contributed by atoms with Crippen molar-refractivity contribution in [3.8, 4) is 17.0 Å². The first-order chi connectivity index (χ1) is 15.3. The van der Waals surface area contributed by atoms with Crippen molar-refractivity contribution in [1.82, 2.24) is 4.98 Å². The summed E-state index contributed by atoms with van der Waals surface area (Å²) in [5.41, 5.74) is 2.74. The van der Waals surface area contributed by atoms with Gasteiger partial charge in [0.05, 0.1) is 17.7 Å². The van der Waals surface area contributed by atoms with Gasteiger partial charge in [0.25, 0.3) is 10.0 Å². The van der Waals surface area contributed by atoms with Gasteiger partial charge < -0.3 is 9.84 Å². The molecule has 9 heteroatoms. The highest BCUT2D eigenvalue weighted by Crippen LogP contribution is 2.43. The lowest BCUT2D eigenvalue weighted by Gasteiger charge is -2.20. The van der Waals surface area contributed by atoms with Crippen LogP contribution in [0, 0.1) is 0 Å². The molecule has 166 valence electrons. The van der Waals surface area contributed by atoms with E-state index in [1.807, 2.05) is 12.1 Å². The highest BCUT2D eigenvalue weighted by molar-refractivity contribution is 7.92. The van der Waals surface area contributed by atoms with Crippen molar-refractivity contribution in [3.63, 3.8) is 0 Å². The van der Waals surface area contributed by atoms with Crippen LogP contribution < -0.4 is 9.04 Å².